The van der Waals surface area contributed by atoms with Gasteiger partial charge in [0.1, 0.15) is 11.6 Å². The first-order chi connectivity index (χ1) is 9.49. The largest absolute Gasteiger partial charge is 0.313 e. The molecule has 0 heterocycles. The van der Waals surface area contributed by atoms with Gasteiger partial charge in [-0.1, -0.05) is 33.6 Å². The van der Waals surface area contributed by atoms with Crippen molar-refractivity contribution in [2.45, 2.75) is 12.5 Å². The molecule has 0 aliphatic carbocycles. The summed E-state index contributed by atoms with van der Waals surface area (Å²) in [5, 5.41) is 3.21. The fourth-order valence-electron chi connectivity index (χ4n) is 2.07. The zero-order valence-electron chi connectivity index (χ0n) is 10.8. The van der Waals surface area contributed by atoms with Gasteiger partial charge in [-0.15, -0.1) is 0 Å². The third-order valence-electron chi connectivity index (χ3n) is 3.06. The standard InChI is InChI=1S/C15H13BrClF2N/c1-20-15(10-6-11(16)8-12(18)7-10)5-9-2-3-13(17)14(19)4-9/h2-4,6-8,15,20H,5H2,1H3. The summed E-state index contributed by atoms with van der Waals surface area (Å²) in [6.07, 6.45) is 0.542. The quantitative estimate of drug-likeness (QED) is 0.819. The number of likely N-dealkylation sites (N-methyl/N-ethyl adjacent to an activating group) is 1. The Bertz CT molecular complexity index is 599. The van der Waals surface area contributed by atoms with Gasteiger partial charge in [-0.3, -0.25) is 0 Å². The monoisotopic (exact) mass is 359 g/mol. The molecule has 0 bridgehead atoms. The van der Waals surface area contributed by atoms with E-state index in [1.807, 2.05) is 6.07 Å². The zero-order chi connectivity index (χ0) is 14.7. The van der Waals surface area contributed by atoms with Crippen molar-refractivity contribution < 1.29 is 8.78 Å². The molecule has 0 radical (unpaired) electrons. The highest BCUT2D eigenvalue weighted by molar-refractivity contribution is 9.10. The molecule has 1 nitrogen and oxygen atoms in total. The van der Waals surface area contributed by atoms with E-state index in [0.29, 0.717) is 10.9 Å². The molecule has 2 aromatic carbocycles. The maximum absolute atomic E-state index is 13.4. The molecule has 1 unspecified atom stereocenters. The lowest BCUT2D eigenvalue weighted by Crippen LogP contribution is -2.19. The maximum Gasteiger partial charge on any atom is 0.142 e. The lowest BCUT2D eigenvalue weighted by atomic mass is 9.99. The van der Waals surface area contributed by atoms with Crippen LogP contribution in [0.2, 0.25) is 5.02 Å². The van der Waals surface area contributed by atoms with Gasteiger partial charge in [-0.2, -0.15) is 0 Å². The Morgan fingerprint density at radius 3 is 2.55 bits per heavy atom. The summed E-state index contributed by atoms with van der Waals surface area (Å²) in [4.78, 5) is 0. The van der Waals surface area contributed by atoms with Gasteiger partial charge in [0, 0.05) is 10.5 Å². The molecule has 5 heteroatoms. The van der Waals surface area contributed by atoms with Crippen molar-refractivity contribution in [1.29, 1.82) is 0 Å². The van der Waals surface area contributed by atoms with Gasteiger partial charge in [0.25, 0.3) is 0 Å². The molecule has 0 aliphatic rings. The second-order valence-electron chi connectivity index (χ2n) is 4.50. The van der Waals surface area contributed by atoms with E-state index in [1.165, 1.54) is 24.3 Å². The molecule has 106 valence electrons. The SMILES string of the molecule is CNC(Cc1ccc(Cl)c(F)c1)c1cc(F)cc(Br)c1. The predicted octanol–water partition coefficient (Wildman–Crippen LogP) is 4.88. The first kappa shape index (κ1) is 15.4. The topological polar surface area (TPSA) is 12.0 Å². The first-order valence-electron chi connectivity index (χ1n) is 6.07. The summed E-state index contributed by atoms with van der Waals surface area (Å²) < 4.78 is 27.6. The van der Waals surface area contributed by atoms with Crippen LogP contribution in [0, 0.1) is 11.6 Å². The summed E-state index contributed by atoms with van der Waals surface area (Å²) in [5.74, 6) is -0.753. The summed E-state index contributed by atoms with van der Waals surface area (Å²) in [6.45, 7) is 0. The Hall–Kier alpha value is -0.970. The number of halogens is 4. The number of benzene rings is 2. The molecular formula is C15H13BrClF2N. The maximum atomic E-state index is 13.4. The van der Waals surface area contributed by atoms with E-state index in [-0.39, 0.29) is 16.9 Å². The Balaban J connectivity index is 2.26. The molecular weight excluding hydrogens is 348 g/mol. The smallest absolute Gasteiger partial charge is 0.142 e. The van der Waals surface area contributed by atoms with Crippen LogP contribution in [-0.2, 0) is 6.42 Å². The van der Waals surface area contributed by atoms with E-state index in [1.54, 1.807) is 13.1 Å². The van der Waals surface area contributed by atoms with Gasteiger partial charge in [0.15, 0.2) is 0 Å². The Kier molecular flexibility index (Phi) is 5.13. The first-order valence-corrected chi connectivity index (χ1v) is 7.24. The number of hydrogen-bond donors (Lipinski definition) is 1. The summed E-state index contributed by atoms with van der Waals surface area (Å²) in [5.41, 5.74) is 1.60. The van der Waals surface area contributed by atoms with Crippen LogP contribution in [0.5, 0.6) is 0 Å². The van der Waals surface area contributed by atoms with Crippen LogP contribution in [0.25, 0.3) is 0 Å². The lowest BCUT2D eigenvalue weighted by molar-refractivity contribution is 0.572. The van der Waals surface area contributed by atoms with Crippen molar-refractivity contribution in [2.24, 2.45) is 0 Å². The highest BCUT2D eigenvalue weighted by Crippen LogP contribution is 2.24. The average Bonchev–Trinajstić information content (AvgIpc) is 2.38. The third kappa shape index (κ3) is 3.78. The fraction of sp³-hybridized carbons (Fsp3) is 0.200. The second kappa shape index (κ2) is 6.66. The van der Waals surface area contributed by atoms with Crippen LogP contribution in [0.4, 0.5) is 8.78 Å². The van der Waals surface area contributed by atoms with E-state index < -0.39 is 5.82 Å². The van der Waals surface area contributed by atoms with Gasteiger partial charge < -0.3 is 5.32 Å². The average molecular weight is 361 g/mol. The van der Waals surface area contributed by atoms with E-state index >= 15 is 0 Å². The van der Waals surface area contributed by atoms with E-state index in [0.717, 1.165) is 11.1 Å². The fourth-order valence-corrected chi connectivity index (χ4v) is 2.67. The highest BCUT2D eigenvalue weighted by atomic mass is 79.9. The van der Waals surface area contributed by atoms with Crippen LogP contribution in [0.1, 0.15) is 17.2 Å². The summed E-state index contributed by atoms with van der Waals surface area (Å²) >= 11 is 8.94. The molecule has 0 amide bonds. The van der Waals surface area contributed by atoms with Crippen LogP contribution in [0.15, 0.2) is 40.9 Å². The van der Waals surface area contributed by atoms with E-state index in [4.69, 9.17) is 11.6 Å². The Morgan fingerprint density at radius 2 is 1.95 bits per heavy atom. The molecule has 0 aromatic heterocycles. The van der Waals surface area contributed by atoms with Crippen molar-refractivity contribution in [2.75, 3.05) is 7.05 Å². The minimum Gasteiger partial charge on any atom is -0.313 e. The van der Waals surface area contributed by atoms with E-state index in [9.17, 15) is 8.78 Å². The molecule has 2 rings (SSSR count). The van der Waals surface area contributed by atoms with Gasteiger partial charge in [0.2, 0.25) is 0 Å². The Labute approximate surface area is 130 Å². The lowest BCUT2D eigenvalue weighted by Gasteiger charge is -2.17. The normalized spacial score (nSPS) is 12.4. The van der Waals surface area contributed by atoms with Crippen LogP contribution < -0.4 is 5.32 Å². The van der Waals surface area contributed by atoms with Crippen molar-refractivity contribution in [3.8, 4) is 0 Å². The van der Waals surface area contributed by atoms with Crippen LogP contribution in [0.3, 0.4) is 0 Å². The molecule has 1 N–H and O–H groups in total. The molecule has 20 heavy (non-hydrogen) atoms. The highest BCUT2D eigenvalue weighted by Gasteiger charge is 2.13. The van der Waals surface area contributed by atoms with Crippen molar-refractivity contribution in [1.82, 2.24) is 5.32 Å². The van der Waals surface area contributed by atoms with Crippen LogP contribution >= 0.6 is 27.5 Å². The van der Waals surface area contributed by atoms with Gasteiger partial charge >= 0.3 is 0 Å². The Morgan fingerprint density at radius 1 is 1.20 bits per heavy atom. The molecule has 0 spiro atoms. The van der Waals surface area contributed by atoms with Gasteiger partial charge in [-0.25, -0.2) is 8.78 Å². The molecule has 2 aromatic rings. The summed E-state index contributed by atoms with van der Waals surface area (Å²) in [6, 6.07) is 9.31. The van der Waals surface area contributed by atoms with Gasteiger partial charge in [-0.05, 0) is 54.9 Å². The zero-order valence-corrected chi connectivity index (χ0v) is 13.1. The predicted molar refractivity (Wildman–Crippen MR) is 81.0 cm³/mol. The van der Waals surface area contributed by atoms with Crippen LogP contribution in [-0.4, -0.2) is 7.05 Å². The molecule has 0 saturated heterocycles. The minimum atomic E-state index is -0.445. The summed E-state index contributed by atoms with van der Waals surface area (Å²) in [7, 11) is 1.79. The van der Waals surface area contributed by atoms with E-state index in [2.05, 4.69) is 21.2 Å². The van der Waals surface area contributed by atoms with Crippen molar-refractivity contribution >= 4 is 27.5 Å². The molecule has 1 atom stereocenters. The number of rotatable bonds is 4. The van der Waals surface area contributed by atoms with Crippen molar-refractivity contribution in [3.05, 3.63) is 68.7 Å². The third-order valence-corrected chi connectivity index (χ3v) is 3.82. The minimum absolute atomic E-state index is 0.100. The molecule has 0 saturated carbocycles. The molecule has 0 fully saturated rings. The number of hydrogen-bond acceptors (Lipinski definition) is 1. The second-order valence-corrected chi connectivity index (χ2v) is 5.82. The van der Waals surface area contributed by atoms with Crippen molar-refractivity contribution in [3.63, 3.8) is 0 Å². The number of nitrogens with one attached hydrogen (secondary N) is 1. The van der Waals surface area contributed by atoms with Gasteiger partial charge in [0.05, 0.1) is 5.02 Å². The molecule has 0 aliphatic heterocycles.